The summed E-state index contributed by atoms with van der Waals surface area (Å²) in [4.78, 5) is 12.0. The molecular weight excluding hydrogens is 503 g/mol. The second-order valence-corrected chi connectivity index (χ2v) is 6.71. The molecule has 164 valence electrons. The van der Waals surface area contributed by atoms with Gasteiger partial charge in [-0.05, 0) is 0 Å². The maximum Gasteiger partial charge on any atom is 2.00 e. The predicted octanol–water partition coefficient (Wildman–Crippen LogP) is 7.47. The van der Waals surface area contributed by atoms with E-state index < -0.39 is 5.97 Å². The largest absolute Gasteiger partial charge is 2.00 e. The minimum atomic E-state index is -0.449. The van der Waals surface area contributed by atoms with E-state index in [2.05, 4.69) is 0 Å². The van der Waals surface area contributed by atoms with Crippen LogP contribution in [0.5, 0.6) is 5.75 Å². The molecule has 0 spiro atoms. The van der Waals surface area contributed by atoms with Crippen LogP contribution in [0.15, 0.2) is 127 Å². The fourth-order valence-corrected chi connectivity index (χ4v) is 2.91. The first-order valence-corrected chi connectivity index (χ1v) is 9.91. The third-order valence-electron chi connectivity index (χ3n) is 4.14. The van der Waals surface area contributed by atoms with Gasteiger partial charge in [0.25, 0.3) is 5.97 Å². The Kier molecular flexibility index (Phi) is 13.1. The van der Waals surface area contributed by atoms with Crippen molar-refractivity contribution in [1.29, 1.82) is 0 Å². The van der Waals surface area contributed by atoms with Crippen molar-refractivity contribution in [2.24, 2.45) is 0 Å². The molecule has 0 bridgehead atoms. The summed E-state index contributed by atoms with van der Waals surface area (Å²) < 4.78 is 5.23. The summed E-state index contributed by atoms with van der Waals surface area (Å²) in [6.45, 7) is 0. The molecule has 5 aromatic carbocycles. The van der Waals surface area contributed by atoms with Crippen molar-refractivity contribution in [2.75, 3.05) is 0 Å². The van der Waals surface area contributed by atoms with Gasteiger partial charge in [0, 0.05) is 16.3 Å². The number of ether oxygens (including phenoxy) is 1. The van der Waals surface area contributed by atoms with Crippen LogP contribution >= 0.6 is 11.6 Å². The van der Waals surface area contributed by atoms with Crippen molar-refractivity contribution in [1.82, 2.24) is 0 Å². The number of carbonyl (C=O) groups excluding carboxylic acids is 1. The van der Waals surface area contributed by atoms with Crippen LogP contribution in [0.2, 0.25) is 5.02 Å². The second kappa shape index (κ2) is 15.3. The van der Waals surface area contributed by atoms with Crippen LogP contribution in [-0.4, -0.2) is 5.97 Å². The second-order valence-electron chi connectivity index (χ2n) is 6.30. The number of hydrogen-bond donors (Lipinski definition) is 0. The standard InChI is InChI=1S/C17H11ClO2.2C5H5.2Fe/c18-16-11-13(12-5-1-2-6-12)9-10-15(16)17(19)20-14-7-3-4-8-14;2*1-2-4-5-3-1;;/h1-11H;2*1-5H;;/q-2;2*-1;2*+2. The van der Waals surface area contributed by atoms with Crippen LogP contribution in [0.3, 0.4) is 0 Å². The Labute approximate surface area is 215 Å². The maximum absolute atomic E-state index is 12.0. The molecule has 0 saturated heterocycles. The SMILES string of the molecule is O=C(O[c-]1cccc1)c1ccc(-[c-]2cccc2)cc1Cl.[Fe+2].[Fe+2].c1cc[cH-]c1.c1cc[cH-]c1. The Morgan fingerprint density at radius 2 is 1.25 bits per heavy atom. The van der Waals surface area contributed by atoms with E-state index in [9.17, 15) is 4.79 Å². The van der Waals surface area contributed by atoms with Gasteiger partial charge >= 0.3 is 34.1 Å². The van der Waals surface area contributed by atoms with Gasteiger partial charge in [0.1, 0.15) is 0 Å². The fourth-order valence-electron chi connectivity index (χ4n) is 2.65. The van der Waals surface area contributed by atoms with E-state index in [1.165, 1.54) is 0 Å². The van der Waals surface area contributed by atoms with Crippen molar-refractivity contribution in [2.45, 2.75) is 0 Å². The average molecular weight is 525 g/mol. The van der Waals surface area contributed by atoms with Gasteiger partial charge < -0.3 is 9.53 Å². The van der Waals surface area contributed by atoms with Crippen molar-refractivity contribution >= 4 is 17.6 Å². The van der Waals surface area contributed by atoms with Gasteiger partial charge in [-0.15, -0.1) is 35.9 Å². The first kappa shape index (κ1) is 27.5. The minimum Gasteiger partial charge on any atom is -0.514 e. The molecule has 5 heteroatoms. The third-order valence-corrected chi connectivity index (χ3v) is 4.45. The molecule has 0 aliphatic heterocycles. The zero-order chi connectivity index (χ0) is 21.0. The molecule has 0 saturated carbocycles. The molecule has 0 aliphatic carbocycles. The van der Waals surface area contributed by atoms with Crippen LogP contribution < -0.4 is 4.74 Å². The number of carbonyl (C=O) groups is 1. The van der Waals surface area contributed by atoms with Crippen molar-refractivity contribution in [3.8, 4) is 16.9 Å². The van der Waals surface area contributed by atoms with Gasteiger partial charge in [0.15, 0.2) is 0 Å². The summed E-state index contributed by atoms with van der Waals surface area (Å²) in [6.07, 6.45) is 0. The van der Waals surface area contributed by atoms with Crippen LogP contribution in [0.1, 0.15) is 10.4 Å². The van der Waals surface area contributed by atoms with E-state index in [1.807, 2.05) is 103 Å². The van der Waals surface area contributed by atoms with E-state index in [0.717, 1.165) is 11.1 Å². The van der Waals surface area contributed by atoms with Gasteiger partial charge in [-0.2, -0.15) is 60.7 Å². The zero-order valence-electron chi connectivity index (χ0n) is 17.0. The van der Waals surface area contributed by atoms with E-state index in [0.29, 0.717) is 16.3 Å². The molecule has 5 aromatic rings. The summed E-state index contributed by atoms with van der Waals surface area (Å²) in [5.41, 5.74) is 2.41. The summed E-state index contributed by atoms with van der Waals surface area (Å²) in [5.74, 6) is 0.0708. The molecule has 5 rings (SSSR count). The minimum absolute atomic E-state index is 0. The number of benzene rings is 1. The zero-order valence-corrected chi connectivity index (χ0v) is 20.0. The van der Waals surface area contributed by atoms with Crippen molar-refractivity contribution in [3.63, 3.8) is 0 Å². The van der Waals surface area contributed by atoms with E-state index in [4.69, 9.17) is 16.3 Å². The topological polar surface area (TPSA) is 26.3 Å². The molecule has 0 aliphatic rings. The number of hydrogen-bond acceptors (Lipinski definition) is 2. The van der Waals surface area contributed by atoms with Gasteiger partial charge in [0.05, 0.1) is 0 Å². The number of esters is 1. The third kappa shape index (κ3) is 8.88. The molecule has 0 N–H and O–H groups in total. The molecule has 0 heterocycles. The smallest absolute Gasteiger partial charge is 0.514 e. The summed E-state index contributed by atoms with van der Waals surface area (Å²) in [5, 5.41) is 0.389. The van der Waals surface area contributed by atoms with Crippen LogP contribution in [0.25, 0.3) is 11.1 Å². The Morgan fingerprint density at radius 3 is 1.69 bits per heavy atom. The van der Waals surface area contributed by atoms with E-state index in [1.54, 1.807) is 24.3 Å². The summed E-state index contributed by atoms with van der Waals surface area (Å²) in [7, 11) is 0. The van der Waals surface area contributed by atoms with Gasteiger partial charge in [-0.3, -0.25) is 0 Å². The Balaban J connectivity index is 0.000000353. The normalized spacial score (nSPS) is 9.03. The predicted molar refractivity (Wildman–Crippen MR) is 124 cm³/mol. The molecule has 32 heavy (non-hydrogen) atoms. The van der Waals surface area contributed by atoms with Crippen LogP contribution in [0.4, 0.5) is 0 Å². The first-order valence-electron chi connectivity index (χ1n) is 9.53. The molecule has 2 nitrogen and oxygen atoms in total. The molecule has 0 aromatic heterocycles. The quantitative estimate of drug-likeness (QED) is 0.139. The van der Waals surface area contributed by atoms with Gasteiger partial charge in [-0.1, -0.05) is 29.3 Å². The average Bonchev–Trinajstić information content (AvgIpc) is 3.58. The summed E-state index contributed by atoms with van der Waals surface area (Å²) in [6, 6.07) is 40.3. The van der Waals surface area contributed by atoms with Crippen LogP contribution in [-0.2, 0) is 34.1 Å². The van der Waals surface area contributed by atoms with E-state index in [-0.39, 0.29) is 34.1 Å². The maximum atomic E-state index is 12.0. The first-order chi connectivity index (χ1) is 14.7. The van der Waals surface area contributed by atoms with E-state index >= 15 is 0 Å². The van der Waals surface area contributed by atoms with Gasteiger partial charge in [-0.25, -0.2) is 24.3 Å². The molecule has 0 fully saturated rings. The fraction of sp³-hybridized carbons (Fsp3) is 0. The molecule has 0 atom stereocenters. The monoisotopic (exact) mass is 524 g/mol. The van der Waals surface area contributed by atoms with Crippen molar-refractivity contribution in [3.05, 3.63) is 138 Å². The number of halogens is 1. The molecular formula is C27H21ClFe2O2. The molecule has 0 unspecified atom stereocenters. The summed E-state index contributed by atoms with van der Waals surface area (Å²) >= 11 is 6.18. The number of rotatable bonds is 3. The Hall–Kier alpha value is -2.58. The van der Waals surface area contributed by atoms with Crippen LogP contribution in [0, 0.1) is 0 Å². The Bertz CT molecular complexity index is 1020. The van der Waals surface area contributed by atoms with Gasteiger partial charge in [0.2, 0.25) is 0 Å². The van der Waals surface area contributed by atoms with Crippen molar-refractivity contribution < 1.29 is 43.7 Å². The molecule has 0 amide bonds. The Morgan fingerprint density at radius 1 is 0.750 bits per heavy atom. The molecule has 0 radical (unpaired) electrons.